The molecule has 0 saturated heterocycles. The van der Waals surface area contributed by atoms with Crippen LogP contribution < -0.4 is 10.1 Å². The Hall–Kier alpha value is -1.02. The van der Waals surface area contributed by atoms with E-state index in [1.165, 1.54) is 16.7 Å². The van der Waals surface area contributed by atoms with Gasteiger partial charge in [0.1, 0.15) is 5.75 Å². The molecule has 0 aliphatic rings. The van der Waals surface area contributed by atoms with Crippen LogP contribution in [0.15, 0.2) is 12.1 Å². The lowest BCUT2D eigenvalue weighted by atomic mass is 10.0. The number of benzene rings is 1. The highest BCUT2D eigenvalue weighted by molar-refractivity contribution is 5.43. The quantitative estimate of drug-likeness (QED) is 0.825. The third-order valence-corrected chi connectivity index (χ3v) is 2.79. The second-order valence-electron chi connectivity index (χ2n) is 4.71. The summed E-state index contributed by atoms with van der Waals surface area (Å²) in [5.74, 6) is 1.59. The van der Waals surface area contributed by atoms with Gasteiger partial charge in [0.15, 0.2) is 0 Å². The Morgan fingerprint density at radius 1 is 1.19 bits per heavy atom. The third-order valence-electron chi connectivity index (χ3n) is 2.79. The van der Waals surface area contributed by atoms with Gasteiger partial charge in [-0.1, -0.05) is 19.9 Å². The second kappa shape index (κ2) is 5.90. The predicted molar refractivity (Wildman–Crippen MR) is 69.0 cm³/mol. The highest BCUT2D eigenvalue weighted by Crippen LogP contribution is 2.24. The first-order valence-electron chi connectivity index (χ1n) is 5.92. The Balaban J connectivity index is 2.84. The summed E-state index contributed by atoms with van der Waals surface area (Å²) >= 11 is 0. The molecule has 16 heavy (non-hydrogen) atoms. The van der Waals surface area contributed by atoms with Crippen molar-refractivity contribution in [3.05, 3.63) is 28.8 Å². The van der Waals surface area contributed by atoms with Gasteiger partial charge in [-0.05, 0) is 49.6 Å². The van der Waals surface area contributed by atoms with E-state index >= 15 is 0 Å². The minimum atomic E-state index is 0.566. The van der Waals surface area contributed by atoms with Crippen LogP contribution in [0.3, 0.4) is 0 Å². The average Bonchev–Trinajstić information content (AvgIpc) is 2.24. The molecule has 0 heterocycles. The maximum atomic E-state index is 5.79. The molecule has 0 bridgehead atoms. The van der Waals surface area contributed by atoms with Crippen LogP contribution in [-0.4, -0.2) is 13.7 Å². The fraction of sp³-hybridized carbons (Fsp3) is 0.571. The largest absolute Gasteiger partial charge is 0.493 e. The van der Waals surface area contributed by atoms with Crippen molar-refractivity contribution in [3.8, 4) is 5.75 Å². The van der Waals surface area contributed by atoms with E-state index in [0.717, 1.165) is 18.9 Å². The van der Waals surface area contributed by atoms with Crippen LogP contribution in [0.25, 0.3) is 0 Å². The van der Waals surface area contributed by atoms with Crippen molar-refractivity contribution in [1.82, 2.24) is 5.32 Å². The van der Waals surface area contributed by atoms with Gasteiger partial charge in [0.05, 0.1) is 6.61 Å². The van der Waals surface area contributed by atoms with Gasteiger partial charge in [0.2, 0.25) is 0 Å². The molecule has 0 fully saturated rings. The van der Waals surface area contributed by atoms with Gasteiger partial charge in [0.25, 0.3) is 0 Å². The molecule has 90 valence electrons. The minimum absolute atomic E-state index is 0.566. The summed E-state index contributed by atoms with van der Waals surface area (Å²) in [5.41, 5.74) is 3.93. The summed E-state index contributed by atoms with van der Waals surface area (Å²) in [6, 6.07) is 4.23. The average molecular weight is 221 g/mol. The summed E-state index contributed by atoms with van der Waals surface area (Å²) in [7, 11) is 1.97. The number of ether oxygens (including phenoxy) is 1. The minimum Gasteiger partial charge on any atom is -0.493 e. The van der Waals surface area contributed by atoms with E-state index in [1.54, 1.807) is 0 Å². The zero-order valence-corrected chi connectivity index (χ0v) is 11.1. The topological polar surface area (TPSA) is 21.3 Å². The number of hydrogen-bond donors (Lipinski definition) is 1. The predicted octanol–water partition coefficient (Wildman–Crippen LogP) is 3.06. The molecule has 0 unspecified atom stereocenters. The molecule has 0 radical (unpaired) electrons. The van der Waals surface area contributed by atoms with Crippen molar-refractivity contribution in [1.29, 1.82) is 0 Å². The lowest BCUT2D eigenvalue weighted by Gasteiger charge is -2.15. The zero-order valence-electron chi connectivity index (χ0n) is 11.1. The molecule has 2 nitrogen and oxygen atoms in total. The summed E-state index contributed by atoms with van der Waals surface area (Å²) in [6.07, 6.45) is 0. The summed E-state index contributed by atoms with van der Waals surface area (Å²) in [5, 5.41) is 3.18. The summed E-state index contributed by atoms with van der Waals surface area (Å²) < 4.78 is 5.79. The van der Waals surface area contributed by atoms with Crippen LogP contribution >= 0.6 is 0 Å². The molecule has 1 rings (SSSR count). The molecule has 2 heteroatoms. The van der Waals surface area contributed by atoms with Gasteiger partial charge in [-0.3, -0.25) is 0 Å². The fourth-order valence-corrected chi connectivity index (χ4v) is 1.65. The first-order valence-corrected chi connectivity index (χ1v) is 5.92. The van der Waals surface area contributed by atoms with Crippen LogP contribution in [0.4, 0.5) is 0 Å². The molecule has 0 spiro atoms. The fourth-order valence-electron chi connectivity index (χ4n) is 1.65. The van der Waals surface area contributed by atoms with Crippen LogP contribution in [0, 0.1) is 19.8 Å². The molecule has 0 aliphatic heterocycles. The van der Waals surface area contributed by atoms with Crippen molar-refractivity contribution >= 4 is 0 Å². The van der Waals surface area contributed by atoms with Gasteiger partial charge in [-0.15, -0.1) is 0 Å². The zero-order chi connectivity index (χ0) is 12.1. The normalized spacial score (nSPS) is 10.9. The number of rotatable bonds is 5. The highest BCUT2D eigenvalue weighted by atomic mass is 16.5. The highest BCUT2D eigenvalue weighted by Gasteiger charge is 2.07. The molecular formula is C14H23NO. The molecule has 0 aromatic heterocycles. The van der Waals surface area contributed by atoms with Gasteiger partial charge >= 0.3 is 0 Å². The van der Waals surface area contributed by atoms with Crippen LogP contribution in [0.1, 0.15) is 30.5 Å². The molecule has 0 amide bonds. The van der Waals surface area contributed by atoms with Crippen LogP contribution in [0.2, 0.25) is 0 Å². The van der Waals surface area contributed by atoms with Crippen LogP contribution in [-0.2, 0) is 6.54 Å². The standard InChI is InChI=1S/C14H23NO/c1-10(2)9-16-14-7-6-13(8-15-5)11(3)12(14)4/h6-7,10,15H,8-9H2,1-5H3. The summed E-state index contributed by atoms with van der Waals surface area (Å²) in [6.45, 7) is 10.3. The maximum Gasteiger partial charge on any atom is 0.122 e. The van der Waals surface area contributed by atoms with Gasteiger partial charge in [0, 0.05) is 6.54 Å². The van der Waals surface area contributed by atoms with Crippen molar-refractivity contribution in [2.45, 2.75) is 34.2 Å². The Labute approximate surface area is 99.0 Å². The smallest absolute Gasteiger partial charge is 0.122 e. The van der Waals surface area contributed by atoms with Crippen molar-refractivity contribution in [3.63, 3.8) is 0 Å². The number of nitrogens with one attached hydrogen (secondary N) is 1. The molecule has 1 aromatic rings. The Kier molecular flexibility index (Phi) is 4.81. The summed E-state index contributed by atoms with van der Waals surface area (Å²) in [4.78, 5) is 0. The Morgan fingerprint density at radius 3 is 2.44 bits per heavy atom. The van der Waals surface area contributed by atoms with E-state index in [9.17, 15) is 0 Å². The first-order chi connectivity index (χ1) is 7.56. The third kappa shape index (κ3) is 3.24. The molecule has 0 saturated carbocycles. The molecule has 0 aliphatic carbocycles. The maximum absolute atomic E-state index is 5.79. The Bertz CT molecular complexity index is 345. The van der Waals surface area contributed by atoms with Crippen molar-refractivity contribution in [2.75, 3.05) is 13.7 Å². The van der Waals surface area contributed by atoms with Gasteiger partial charge in [-0.25, -0.2) is 0 Å². The van der Waals surface area contributed by atoms with Crippen LogP contribution in [0.5, 0.6) is 5.75 Å². The van der Waals surface area contributed by atoms with E-state index in [1.807, 2.05) is 7.05 Å². The Morgan fingerprint density at radius 2 is 1.88 bits per heavy atom. The SMILES string of the molecule is CNCc1ccc(OCC(C)C)c(C)c1C. The first kappa shape index (κ1) is 13.0. The lowest BCUT2D eigenvalue weighted by molar-refractivity contribution is 0.269. The van der Waals surface area contributed by atoms with E-state index in [0.29, 0.717) is 5.92 Å². The van der Waals surface area contributed by atoms with Gasteiger partial charge < -0.3 is 10.1 Å². The molecular weight excluding hydrogens is 198 g/mol. The lowest BCUT2D eigenvalue weighted by Crippen LogP contribution is -2.09. The molecule has 1 aromatic carbocycles. The van der Waals surface area contributed by atoms with E-state index < -0.39 is 0 Å². The van der Waals surface area contributed by atoms with E-state index in [4.69, 9.17) is 4.74 Å². The van der Waals surface area contributed by atoms with Crippen molar-refractivity contribution < 1.29 is 4.74 Å². The second-order valence-corrected chi connectivity index (χ2v) is 4.71. The number of hydrogen-bond acceptors (Lipinski definition) is 2. The molecule has 0 atom stereocenters. The van der Waals surface area contributed by atoms with Crippen molar-refractivity contribution in [2.24, 2.45) is 5.92 Å². The van der Waals surface area contributed by atoms with E-state index in [2.05, 4.69) is 45.1 Å². The molecule has 1 N–H and O–H groups in total. The monoisotopic (exact) mass is 221 g/mol. The van der Waals surface area contributed by atoms with Gasteiger partial charge in [-0.2, -0.15) is 0 Å². The van der Waals surface area contributed by atoms with E-state index in [-0.39, 0.29) is 0 Å².